The van der Waals surface area contributed by atoms with E-state index in [0.717, 1.165) is 29.6 Å². The molecular formula is C10H14N2S2. The van der Waals surface area contributed by atoms with Crippen LogP contribution in [0.4, 0.5) is 0 Å². The summed E-state index contributed by atoms with van der Waals surface area (Å²) in [6, 6.07) is 0. The van der Waals surface area contributed by atoms with Crippen molar-refractivity contribution in [1.82, 2.24) is 10.3 Å². The first-order valence-electron chi connectivity index (χ1n) is 4.46. The van der Waals surface area contributed by atoms with Gasteiger partial charge in [0.15, 0.2) is 0 Å². The molecule has 0 aliphatic rings. The summed E-state index contributed by atoms with van der Waals surface area (Å²) in [7, 11) is 0. The molecule has 14 heavy (non-hydrogen) atoms. The SMILES string of the molecule is C#CCSCCNCc1cnc(C)s1. The third-order valence-electron chi connectivity index (χ3n) is 1.58. The maximum absolute atomic E-state index is 5.14. The Balaban J connectivity index is 2.02. The summed E-state index contributed by atoms with van der Waals surface area (Å²) in [4.78, 5) is 5.49. The van der Waals surface area contributed by atoms with Crippen molar-refractivity contribution in [1.29, 1.82) is 0 Å². The average Bonchev–Trinajstić information content (AvgIpc) is 2.58. The zero-order valence-corrected chi connectivity index (χ0v) is 9.88. The summed E-state index contributed by atoms with van der Waals surface area (Å²) in [6.45, 7) is 3.95. The molecular weight excluding hydrogens is 212 g/mol. The van der Waals surface area contributed by atoms with E-state index in [9.17, 15) is 0 Å². The molecule has 0 atom stereocenters. The zero-order valence-electron chi connectivity index (χ0n) is 8.25. The Morgan fingerprint density at radius 3 is 3.21 bits per heavy atom. The van der Waals surface area contributed by atoms with E-state index < -0.39 is 0 Å². The van der Waals surface area contributed by atoms with E-state index in [1.807, 2.05) is 13.1 Å². The molecule has 0 amide bonds. The highest BCUT2D eigenvalue weighted by atomic mass is 32.2. The predicted molar refractivity (Wildman–Crippen MR) is 64.7 cm³/mol. The number of nitrogens with zero attached hydrogens (tertiary/aromatic N) is 1. The molecule has 0 saturated carbocycles. The Morgan fingerprint density at radius 1 is 1.71 bits per heavy atom. The number of thioether (sulfide) groups is 1. The van der Waals surface area contributed by atoms with Crippen molar-refractivity contribution in [3.05, 3.63) is 16.1 Å². The smallest absolute Gasteiger partial charge is 0.0897 e. The quantitative estimate of drug-likeness (QED) is 0.592. The van der Waals surface area contributed by atoms with Crippen molar-refractivity contribution >= 4 is 23.1 Å². The molecule has 1 heterocycles. The number of hydrogen-bond donors (Lipinski definition) is 1. The van der Waals surface area contributed by atoms with Crippen molar-refractivity contribution < 1.29 is 0 Å². The number of aromatic nitrogens is 1. The Labute approximate surface area is 93.5 Å². The second-order valence-corrected chi connectivity index (χ2v) is 5.20. The van der Waals surface area contributed by atoms with Crippen molar-refractivity contribution in [2.24, 2.45) is 0 Å². The van der Waals surface area contributed by atoms with E-state index in [2.05, 4.69) is 16.2 Å². The van der Waals surface area contributed by atoms with Crippen molar-refractivity contribution in [3.8, 4) is 12.3 Å². The van der Waals surface area contributed by atoms with Gasteiger partial charge in [-0.15, -0.1) is 29.5 Å². The number of thiazole rings is 1. The Hall–Kier alpha value is -0.500. The van der Waals surface area contributed by atoms with Gasteiger partial charge in [-0.3, -0.25) is 0 Å². The Kier molecular flexibility index (Phi) is 5.69. The van der Waals surface area contributed by atoms with Crippen molar-refractivity contribution in [3.63, 3.8) is 0 Å². The third kappa shape index (κ3) is 4.66. The molecule has 0 saturated heterocycles. The molecule has 1 N–H and O–H groups in total. The van der Waals surface area contributed by atoms with Gasteiger partial charge >= 0.3 is 0 Å². The highest BCUT2D eigenvalue weighted by molar-refractivity contribution is 7.99. The lowest BCUT2D eigenvalue weighted by Crippen LogP contribution is -2.15. The van der Waals surface area contributed by atoms with Crippen molar-refractivity contribution in [2.75, 3.05) is 18.1 Å². The van der Waals surface area contributed by atoms with Gasteiger partial charge in [-0.05, 0) is 6.92 Å². The van der Waals surface area contributed by atoms with Crippen LogP contribution in [0.2, 0.25) is 0 Å². The van der Waals surface area contributed by atoms with Gasteiger partial charge in [0.2, 0.25) is 0 Å². The number of aryl methyl sites for hydroxylation is 1. The van der Waals surface area contributed by atoms with Gasteiger partial charge in [0.1, 0.15) is 0 Å². The van der Waals surface area contributed by atoms with Gasteiger partial charge in [-0.25, -0.2) is 4.98 Å². The largest absolute Gasteiger partial charge is 0.311 e. The molecule has 0 aliphatic heterocycles. The second-order valence-electron chi connectivity index (χ2n) is 2.78. The van der Waals surface area contributed by atoms with E-state index in [1.54, 1.807) is 23.1 Å². The molecule has 0 spiro atoms. The van der Waals surface area contributed by atoms with Crippen LogP contribution >= 0.6 is 23.1 Å². The summed E-state index contributed by atoms with van der Waals surface area (Å²) in [5, 5.41) is 4.48. The van der Waals surface area contributed by atoms with Crippen LogP contribution in [-0.2, 0) is 6.54 Å². The van der Waals surface area contributed by atoms with Gasteiger partial charge in [0, 0.05) is 29.9 Å². The molecule has 0 aliphatic carbocycles. The first-order valence-corrected chi connectivity index (χ1v) is 6.43. The molecule has 4 heteroatoms. The van der Waals surface area contributed by atoms with Crippen LogP contribution in [0.15, 0.2) is 6.20 Å². The van der Waals surface area contributed by atoms with Crippen LogP contribution in [0.3, 0.4) is 0 Å². The number of hydrogen-bond acceptors (Lipinski definition) is 4. The normalized spacial score (nSPS) is 10.0. The van der Waals surface area contributed by atoms with E-state index >= 15 is 0 Å². The van der Waals surface area contributed by atoms with Crippen LogP contribution in [-0.4, -0.2) is 23.0 Å². The molecule has 1 aromatic heterocycles. The topological polar surface area (TPSA) is 24.9 Å². The Morgan fingerprint density at radius 2 is 2.57 bits per heavy atom. The number of nitrogens with one attached hydrogen (secondary N) is 1. The number of terminal acetylenes is 1. The lowest BCUT2D eigenvalue weighted by atomic mass is 10.5. The van der Waals surface area contributed by atoms with E-state index in [-0.39, 0.29) is 0 Å². The standard InChI is InChI=1S/C10H14N2S2/c1-3-5-13-6-4-11-7-10-8-12-9(2)14-10/h1,8,11H,4-7H2,2H3. The first-order chi connectivity index (χ1) is 6.83. The highest BCUT2D eigenvalue weighted by Gasteiger charge is 1.96. The van der Waals surface area contributed by atoms with Crippen LogP contribution < -0.4 is 5.32 Å². The fraction of sp³-hybridized carbons (Fsp3) is 0.500. The minimum Gasteiger partial charge on any atom is -0.311 e. The summed E-state index contributed by atoms with van der Waals surface area (Å²) in [6.07, 6.45) is 7.07. The molecule has 1 rings (SSSR count). The molecule has 0 aromatic carbocycles. The fourth-order valence-corrected chi connectivity index (χ4v) is 2.29. The Bertz CT molecular complexity index is 301. The first kappa shape index (κ1) is 11.6. The van der Waals surface area contributed by atoms with Crippen LogP contribution in [0, 0.1) is 19.3 Å². The molecule has 1 aromatic rings. The zero-order chi connectivity index (χ0) is 10.2. The summed E-state index contributed by atoms with van der Waals surface area (Å²) in [5.74, 6) is 4.49. The fourth-order valence-electron chi connectivity index (χ4n) is 0.974. The maximum Gasteiger partial charge on any atom is 0.0897 e. The average molecular weight is 226 g/mol. The second kappa shape index (κ2) is 6.88. The molecule has 76 valence electrons. The van der Waals surface area contributed by atoms with E-state index in [1.165, 1.54) is 4.88 Å². The van der Waals surface area contributed by atoms with E-state index in [4.69, 9.17) is 6.42 Å². The third-order valence-corrected chi connectivity index (χ3v) is 3.35. The van der Waals surface area contributed by atoms with E-state index in [0.29, 0.717) is 0 Å². The number of rotatable bonds is 6. The summed E-state index contributed by atoms with van der Waals surface area (Å²) >= 11 is 3.53. The minimum atomic E-state index is 0.807. The van der Waals surface area contributed by atoms with Gasteiger partial charge in [-0.1, -0.05) is 5.92 Å². The molecule has 0 radical (unpaired) electrons. The van der Waals surface area contributed by atoms with Gasteiger partial charge in [-0.2, -0.15) is 0 Å². The van der Waals surface area contributed by atoms with Gasteiger partial charge < -0.3 is 5.32 Å². The maximum atomic E-state index is 5.14. The molecule has 0 bridgehead atoms. The predicted octanol–water partition coefficient (Wildman–Crippen LogP) is 1.91. The minimum absolute atomic E-state index is 0.807. The monoisotopic (exact) mass is 226 g/mol. The van der Waals surface area contributed by atoms with Crippen molar-refractivity contribution in [2.45, 2.75) is 13.5 Å². The summed E-state index contributed by atoms with van der Waals surface area (Å²) in [5.41, 5.74) is 0. The lowest BCUT2D eigenvalue weighted by molar-refractivity contribution is 0.740. The molecule has 0 unspecified atom stereocenters. The lowest BCUT2D eigenvalue weighted by Gasteiger charge is -2.00. The van der Waals surface area contributed by atoms with Gasteiger partial charge in [0.05, 0.1) is 10.8 Å². The molecule has 2 nitrogen and oxygen atoms in total. The van der Waals surface area contributed by atoms with Crippen LogP contribution in [0.25, 0.3) is 0 Å². The van der Waals surface area contributed by atoms with Gasteiger partial charge in [0.25, 0.3) is 0 Å². The highest BCUT2D eigenvalue weighted by Crippen LogP contribution is 2.10. The summed E-state index contributed by atoms with van der Waals surface area (Å²) < 4.78 is 0. The van der Waals surface area contributed by atoms with Crippen LogP contribution in [0.5, 0.6) is 0 Å². The van der Waals surface area contributed by atoms with Crippen LogP contribution in [0.1, 0.15) is 9.88 Å². The molecule has 0 fully saturated rings.